The average molecular weight is 460 g/mol. The van der Waals surface area contributed by atoms with Crippen LogP contribution in [-0.4, -0.2) is 39.4 Å². The average Bonchev–Trinajstić information content (AvgIpc) is 3.20. The SMILES string of the molecule is NC(=O)C1(C(=O)Nc2ccc(-c3cn(CC4CC5CNCC5C4)c4ncnc(N)c34)cc2)CC1. The molecule has 2 unspecified atom stereocenters. The number of nitrogens with one attached hydrogen (secondary N) is 2. The number of nitrogens with two attached hydrogens (primary N) is 2. The third kappa shape index (κ3) is 3.42. The second kappa shape index (κ2) is 7.80. The lowest BCUT2D eigenvalue weighted by Gasteiger charge is -2.13. The van der Waals surface area contributed by atoms with Crippen molar-refractivity contribution in [2.75, 3.05) is 24.1 Å². The molecule has 6 N–H and O–H groups in total. The fourth-order valence-corrected chi connectivity index (χ4v) is 5.92. The largest absolute Gasteiger partial charge is 0.383 e. The molecule has 3 aromatic rings. The van der Waals surface area contributed by atoms with Crippen LogP contribution in [0.4, 0.5) is 11.5 Å². The molecule has 9 heteroatoms. The molecular formula is C25H29N7O2. The Morgan fingerprint density at radius 1 is 1.12 bits per heavy atom. The molecule has 34 heavy (non-hydrogen) atoms. The second-order valence-electron chi connectivity index (χ2n) is 10.1. The molecule has 2 aliphatic carbocycles. The molecule has 176 valence electrons. The standard InChI is InChI=1S/C25H29N7O2/c26-21-20-19(15-1-3-18(4-2-15)31-24(34)25(5-6-25)23(27)33)12-32(22(20)30-13-29-21)11-14-7-16-9-28-10-17(16)8-14/h1-4,12-14,16-17,28H,5-11H2,(H2,27,33)(H,31,34)(H2,26,29,30). The summed E-state index contributed by atoms with van der Waals surface area (Å²) in [6, 6.07) is 7.55. The van der Waals surface area contributed by atoms with Crippen molar-refractivity contribution < 1.29 is 9.59 Å². The Morgan fingerprint density at radius 3 is 2.47 bits per heavy atom. The predicted molar refractivity (Wildman–Crippen MR) is 129 cm³/mol. The Kier molecular flexibility index (Phi) is 4.84. The molecule has 0 radical (unpaired) electrons. The summed E-state index contributed by atoms with van der Waals surface area (Å²) in [5, 5.41) is 7.19. The van der Waals surface area contributed by atoms with E-state index in [1.807, 2.05) is 24.3 Å². The van der Waals surface area contributed by atoms with Gasteiger partial charge in [-0.15, -0.1) is 0 Å². The summed E-state index contributed by atoms with van der Waals surface area (Å²) in [7, 11) is 0. The molecule has 1 aliphatic heterocycles. The van der Waals surface area contributed by atoms with Crippen LogP contribution in [0.5, 0.6) is 0 Å². The highest BCUT2D eigenvalue weighted by Crippen LogP contribution is 2.46. The molecule has 3 heterocycles. The monoisotopic (exact) mass is 459 g/mol. The molecule has 0 spiro atoms. The van der Waals surface area contributed by atoms with Gasteiger partial charge in [-0.3, -0.25) is 9.59 Å². The van der Waals surface area contributed by atoms with Gasteiger partial charge in [0.2, 0.25) is 11.8 Å². The zero-order valence-corrected chi connectivity index (χ0v) is 19.0. The highest BCUT2D eigenvalue weighted by Gasteiger charge is 2.55. The molecule has 3 fully saturated rings. The maximum absolute atomic E-state index is 12.5. The van der Waals surface area contributed by atoms with Gasteiger partial charge in [0.05, 0.1) is 5.39 Å². The van der Waals surface area contributed by atoms with Gasteiger partial charge in [0.1, 0.15) is 23.2 Å². The molecule has 6 rings (SSSR count). The highest BCUT2D eigenvalue weighted by atomic mass is 16.2. The van der Waals surface area contributed by atoms with Gasteiger partial charge in [0.15, 0.2) is 0 Å². The number of anilines is 2. The summed E-state index contributed by atoms with van der Waals surface area (Å²) in [4.78, 5) is 32.9. The number of amides is 2. The summed E-state index contributed by atoms with van der Waals surface area (Å²) in [5.41, 5.74) is 14.1. The molecule has 9 nitrogen and oxygen atoms in total. The van der Waals surface area contributed by atoms with Crippen molar-refractivity contribution in [2.45, 2.75) is 32.2 Å². The maximum atomic E-state index is 12.5. The van der Waals surface area contributed by atoms with Crippen LogP contribution in [0.15, 0.2) is 36.8 Å². The van der Waals surface area contributed by atoms with Crippen molar-refractivity contribution in [1.29, 1.82) is 0 Å². The minimum atomic E-state index is -1.05. The number of benzene rings is 1. The number of aromatic nitrogens is 3. The van der Waals surface area contributed by atoms with E-state index in [2.05, 4.69) is 31.4 Å². The Balaban J connectivity index is 1.27. The first kappa shape index (κ1) is 21.1. The van der Waals surface area contributed by atoms with E-state index in [0.717, 1.165) is 53.6 Å². The Hall–Kier alpha value is -3.46. The highest BCUT2D eigenvalue weighted by molar-refractivity contribution is 6.12. The third-order valence-electron chi connectivity index (χ3n) is 8.00. The number of nitrogen functional groups attached to an aromatic ring is 1. The number of rotatable bonds is 6. The van der Waals surface area contributed by atoms with Crippen LogP contribution in [0.2, 0.25) is 0 Å². The first-order valence-corrected chi connectivity index (χ1v) is 12.0. The molecule has 2 aromatic heterocycles. The number of hydrogen-bond acceptors (Lipinski definition) is 6. The summed E-state index contributed by atoms with van der Waals surface area (Å²) in [6.07, 6.45) is 7.15. The van der Waals surface area contributed by atoms with E-state index in [1.54, 1.807) is 0 Å². The summed E-state index contributed by atoms with van der Waals surface area (Å²) < 4.78 is 2.22. The number of hydrogen-bond donors (Lipinski definition) is 4. The normalized spacial score (nSPS) is 24.8. The smallest absolute Gasteiger partial charge is 0.240 e. The fourth-order valence-electron chi connectivity index (χ4n) is 5.92. The molecular weight excluding hydrogens is 430 g/mol. The topological polar surface area (TPSA) is 141 Å². The van der Waals surface area contributed by atoms with Crippen LogP contribution < -0.4 is 22.1 Å². The van der Waals surface area contributed by atoms with Crippen molar-refractivity contribution in [1.82, 2.24) is 19.9 Å². The zero-order chi connectivity index (χ0) is 23.4. The molecule has 0 bridgehead atoms. The number of carbonyl (C=O) groups excluding carboxylic acids is 2. The van der Waals surface area contributed by atoms with E-state index in [4.69, 9.17) is 11.5 Å². The van der Waals surface area contributed by atoms with Crippen LogP contribution in [0, 0.1) is 23.2 Å². The van der Waals surface area contributed by atoms with Crippen LogP contribution >= 0.6 is 0 Å². The lowest BCUT2D eigenvalue weighted by molar-refractivity contribution is -0.132. The Morgan fingerprint density at radius 2 is 1.82 bits per heavy atom. The first-order chi connectivity index (χ1) is 16.4. The lowest BCUT2D eigenvalue weighted by Crippen LogP contribution is -2.36. The third-order valence-corrected chi connectivity index (χ3v) is 8.00. The summed E-state index contributed by atoms with van der Waals surface area (Å²) >= 11 is 0. The minimum Gasteiger partial charge on any atom is -0.383 e. The predicted octanol–water partition coefficient (Wildman–Crippen LogP) is 2.13. The maximum Gasteiger partial charge on any atom is 0.240 e. The number of nitrogens with zero attached hydrogens (tertiary/aromatic N) is 3. The summed E-state index contributed by atoms with van der Waals surface area (Å²) in [5.74, 6) is 1.77. The molecule has 2 amide bonds. The van der Waals surface area contributed by atoms with Gasteiger partial charge < -0.3 is 26.7 Å². The zero-order valence-electron chi connectivity index (χ0n) is 19.0. The van der Waals surface area contributed by atoms with Crippen molar-refractivity contribution in [3.8, 4) is 11.1 Å². The van der Waals surface area contributed by atoms with E-state index < -0.39 is 11.3 Å². The Labute approximate surface area is 197 Å². The van der Waals surface area contributed by atoms with Gasteiger partial charge in [-0.05, 0) is 74.2 Å². The molecule has 1 aromatic carbocycles. The molecule has 2 atom stereocenters. The van der Waals surface area contributed by atoms with E-state index in [0.29, 0.717) is 30.3 Å². The van der Waals surface area contributed by atoms with E-state index >= 15 is 0 Å². The first-order valence-electron chi connectivity index (χ1n) is 12.0. The number of fused-ring (bicyclic) bond motifs is 2. The van der Waals surface area contributed by atoms with Crippen molar-refractivity contribution in [3.05, 3.63) is 36.8 Å². The number of primary amides is 1. The minimum absolute atomic E-state index is 0.335. The van der Waals surface area contributed by atoms with Crippen molar-refractivity contribution in [2.24, 2.45) is 28.9 Å². The quantitative estimate of drug-likeness (QED) is 0.416. The van der Waals surface area contributed by atoms with Gasteiger partial charge in [0, 0.05) is 24.0 Å². The molecule has 3 aliphatic rings. The van der Waals surface area contributed by atoms with Gasteiger partial charge in [0.25, 0.3) is 0 Å². The molecule has 2 saturated carbocycles. The van der Waals surface area contributed by atoms with Gasteiger partial charge in [-0.25, -0.2) is 9.97 Å². The molecule has 1 saturated heterocycles. The van der Waals surface area contributed by atoms with Crippen molar-refractivity contribution >= 4 is 34.4 Å². The summed E-state index contributed by atoms with van der Waals surface area (Å²) in [6.45, 7) is 3.19. The van der Waals surface area contributed by atoms with Crippen LogP contribution in [0.1, 0.15) is 25.7 Å². The van der Waals surface area contributed by atoms with Gasteiger partial charge >= 0.3 is 0 Å². The van der Waals surface area contributed by atoms with Crippen LogP contribution in [0.3, 0.4) is 0 Å². The van der Waals surface area contributed by atoms with Crippen LogP contribution in [-0.2, 0) is 16.1 Å². The van der Waals surface area contributed by atoms with Gasteiger partial charge in [-0.1, -0.05) is 12.1 Å². The number of carbonyl (C=O) groups is 2. The van der Waals surface area contributed by atoms with E-state index in [-0.39, 0.29) is 5.91 Å². The Bertz CT molecular complexity index is 1270. The van der Waals surface area contributed by atoms with E-state index in [1.165, 1.54) is 19.2 Å². The fraction of sp³-hybridized carbons (Fsp3) is 0.440. The van der Waals surface area contributed by atoms with Gasteiger partial charge in [-0.2, -0.15) is 0 Å². The second-order valence-corrected chi connectivity index (χ2v) is 10.1. The lowest BCUT2D eigenvalue weighted by atomic mass is 10.0. The van der Waals surface area contributed by atoms with Crippen molar-refractivity contribution in [3.63, 3.8) is 0 Å². The van der Waals surface area contributed by atoms with E-state index in [9.17, 15) is 9.59 Å². The van der Waals surface area contributed by atoms with Crippen LogP contribution in [0.25, 0.3) is 22.2 Å².